The number of rotatable bonds is 7. The molecule has 1 unspecified atom stereocenters. The van der Waals surface area contributed by atoms with Crippen molar-refractivity contribution in [3.05, 3.63) is 46.7 Å². The fraction of sp³-hybridized carbons (Fsp3) is 0.421. The van der Waals surface area contributed by atoms with Crippen LogP contribution >= 0.6 is 11.3 Å². The highest BCUT2D eigenvalue weighted by molar-refractivity contribution is 7.89. The van der Waals surface area contributed by atoms with Crippen LogP contribution in [0, 0.1) is 0 Å². The molecule has 6 nitrogen and oxygen atoms in total. The lowest BCUT2D eigenvalue weighted by atomic mass is 10.2. The molecule has 1 amide bonds. The minimum Gasteiger partial charge on any atom is -0.323 e. The molecule has 2 atom stereocenters. The number of benzene rings is 1. The number of nitrogens with zero attached hydrogens (tertiary/aromatic N) is 1. The molecule has 0 aliphatic carbocycles. The highest BCUT2D eigenvalue weighted by Gasteiger charge is 2.27. The summed E-state index contributed by atoms with van der Waals surface area (Å²) in [6.45, 7) is 3.85. The van der Waals surface area contributed by atoms with E-state index >= 15 is 0 Å². The van der Waals surface area contributed by atoms with Gasteiger partial charge in [-0.25, -0.2) is 8.42 Å². The van der Waals surface area contributed by atoms with Crippen molar-refractivity contribution in [1.29, 1.82) is 0 Å². The van der Waals surface area contributed by atoms with Crippen LogP contribution in [0.4, 0.5) is 5.69 Å². The zero-order chi connectivity index (χ0) is 19.4. The molecule has 0 radical (unpaired) electrons. The monoisotopic (exact) mass is 408 g/mol. The zero-order valence-electron chi connectivity index (χ0n) is 15.6. The van der Waals surface area contributed by atoms with E-state index in [1.807, 2.05) is 25.4 Å². The Bertz CT molecular complexity index is 858. The molecule has 3 rings (SSSR count). The van der Waals surface area contributed by atoms with Gasteiger partial charge in [-0.3, -0.25) is 4.79 Å². The predicted octanol–water partition coefficient (Wildman–Crippen LogP) is 1.57. The second-order valence-corrected chi connectivity index (χ2v) is 9.92. The minimum absolute atomic E-state index is 0.0841. The highest BCUT2D eigenvalue weighted by atomic mass is 32.2. The summed E-state index contributed by atoms with van der Waals surface area (Å²) < 4.78 is 26.6. The standard InChI is InChI=1S/C19H25N3O3S2/c1-15(21(2)14-17-6-5-13-26-17)19(23)20-16-7-9-18(10-8-16)27(24,25)22-11-3-4-12-22/h5-10,13,15H,3-4,11-12,14H2,1-2H3,(H,20,23)/p+1/t15-/m1/s1. The summed E-state index contributed by atoms with van der Waals surface area (Å²) in [7, 11) is -1.43. The van der Waals surface area contributed by atoms with Gasteiger partial charge in [0.05, 0.1) is 16.8 Å². The van der Waals surface area contributed by atoms with Gasteiger partial charge < -0.3 is 10.2 Å². The van der Waals surface area contributed by atoms with Crippen LogP contribution in [-0.4, -0.2) is 44.8 Å². The van der Waals surface area contributed by atoms with E-state index in [4.69, 9.17) is 0 Å². The number of thiophene rings is 1. The van der Waals surface area contributed by atoms with E-state index in [9.17, 15) is 13.2 Å². The fourth-order valence-corrected chi connectivity index (χ4v) is 5.42. The van der Waals surface area contributed by atoms with E-state index in [0.717, 1.165) is 24.3 Å². The van der Waals surface area contributed by atoms with Gasteiger partial charge in [0.1, 0.15) is 6.54 Å². The summed E-state index contributed by atoms with van der Waals surface area (Å²) in [5.41, 5.74) is 0.608. The molecule has 0 spiro atoms. The molecule has 1 aliphatic rings. The van der Waals surface area contributed by atoms with E-state index in [1.54, 1.807) is 35.6 Å². The summed E-state index contributed by atoms with van der Waals surface area (Å²) >= 11 is 1.69. The minimum atomic E-state index is -3.43. The molecule has 0 saturated carbocycles. The molecule has 1 aromatic carbocycles. The van der Waals surface area contributed by atoms with Gasteiger partial charge in [-0.2, -0.15) is 4.31 Å². The predicted molar refractivity (Wildman–Crippen MR) is 107 cm³/mol. The third kappa shape index (κ3) is 4.76. The van der Waals surface area contributed by atoms with E-state index in [-0.39, 0.29) is 16.8 Å². The van der Waals surface area contributed by atoms with Gasteiger partial charge in [0.25, 0.3) is 5.91 Å². The first-order valence-electron chi connectivity index (χ1n) is 9.13. The van der Waals surface area contributed by atoms with E-state index < -0.39 is 10.0 Å². The van der Waals surface area contributed by atoms with Crippen molar-refractivity contribution in [3.8, 4) is 0 Å². The molecule has 2 aromatic rings. The largest absolute Gasteiger partial charge is 0.323 e. The number of carbonyl (C=O) groups is 1. The molecular formula is C19H26N3O3S2+. The number of hydrogen-bond acceptors (Lipinski definition) is 4. The van der Waals surface area contributed by atoms with Gasteiger partial charge in [-0.05, 0) is 55.5 Å². The molecule has 0 bridgehead atoms. The maximum absolute atomic E-state index is 12.6. The van der Waals surface area contributed by atoms with E-state index in [2.05, 4.69) is 11.4 Å². The van der Waals surface area contributed by atoms with Gasteiger partial charge in [0, 0.05) is 18.8 Å². The quantitative estimate of drug-likeness (QED) is 0.731. The molecule has 2 N–H and O–H groups in total. The SMILES string of the molecule is C[C@H](C(=O)Nc1ccc(S(=O)(=O)N2CCCC2)cc1)[NH+](C)Cc1cccs1. The lowest BCUT2D eigenvalue weighted by Gasteiger charge is -2.20. The van der Waals surface area contributed by atoms with Crippen LogP contribution in [-0.2, 0) is 21.4 Å². The molecule has 1 aliphatic heterocycles. The number of quaternary nitrogens is 1. The van der Waals surface area contributed by atoms with Crippen molar-refractivity contribution < 1.29 is 18.1 Å². The van der Waals surface area contributed by atoms with Crippen LogP contribution in [0.3, 0.4) is 0 Å². The van der Waals surface area contributed by atoms with Crippen molar-refractivity contribution in [1.82, 2.24) is 4.31 Å². The summed E-state index contributed by atoms with van der Waals surface area (Å²) in [5.74, 6) is -0.0841. The van der Waals surface area contributed by atoms with Crippen LogP contribution in [0.2, 0.25) is 0 Å². The van der Waals surface area contributed by atoms with Crippen LogP contribution in [0.5, 0.6) is 0 Å². The Labute approximate surface area is 164 Å². The Hall–Kier alpha value is -1.74. The second-order valence-electron chi connectivity index (χ2n) is 6.95. The Morgan fingerprint density at radius 3 is 2.48 bits per heavy atom. The maximum atomic E-state index is 12.6. The molecule has 27 heavy (non-hydrogen) atoms. The normalized spacial score (nSPS) is 17.6. The number of nitrogens with one attached hydrogen (secondary N) is 2. The van der Waals surface area contributed by atoms with Crippen LogP contribution in [0.1, 0.15) is 24.6 Å². The Morgan fingerprint density at radius 2 is 1.89 bits per heavy atom. The molecule has 146 valence electrons. The van der Waals surface area contributed by atoms with Gasteiger partial charge in [0.2, 0.25) is 10.0 Å². The second kappa shape index (κ2) is 8.52. The number of amides is 1. The number of hydrogen-bond donors (Lipinski definition) is 2. The van der Waals surface area contributed by atoms with Crippen molar-refractivity contribution >= 4 is 33.0 Å². The molecule has 1 fully saturated rings. The van der Waals surface area contributed by atoms with Gasteiger partial charge in [-0.15, -0.1) is 11.3 Å². The average Bonchev–Trinajstić information content (AvgIpc) is 3.35. The molecule has 1 saturated heterocycles. The third-order valence-corrected chi connectivity index (χ3v) is 7.78. The van der Waals surface area contributed by atoms with Gasteiger partial charge in [0.15, 0.2) is 6.04 Å². The number of sulfonamides is 1. The first kappa shape index (κ1) is 20.0. The number of anilines is 1. The molecule has 1 aromatic heterocycles. The summed E-state index contributed by atoms with van der Waals surface area (Å²) in [6.07, 6.45) is 1.82. The Balaban J connectivity index is 1.61. The molecular weight excluding hydrogens is 382 g/mol. The lowest BCUT2D eigenvalue weighted by molar-refractivity contribution is -0.907. The van der Waals surface area contributed by atoms with Crippen LogP contribution in [0.25, 0.3) is 0 Å². The smallest absolute Gasteiger partial charge is 0.282 e. The lowest BCUT2D eigenvalue weighted by Crippen LogP contribution is -3.12. The van der Waals surface area contributed by atoms with Crippen LogP contribution in [0.15, 0.2) is 46.7 Å². The van der Waals surface area contributed by atoms with E-state index in [1.165, 1.54) is 9.18 Å². The molecule has 8 heteroatoms. The van der Waals surface area contributed by atoms with Crippen molar-refractivity contribution in [2.45, 2.75) is 37.2 Å². The first-order chi connectivity index (χ1) is 12.9. The van der Waals surface area contributed by atoms with Crippen molar-refractivity contribution in [2.75, 3.05) is 25.5 Å². The van der Waals surface area contributed by atoms with Crippen molar-refractivity contribution in [3.63, 3.8) is 0 Å². The Kier molecular flexibility index (Phi) is 6.31. The number of carbonyl (C=O) groups excluding carboxylic acids is 1. The number of likely N-dealkylation sites (N-methyl/N-ethyl adjacent to an activating group) is 1. The van der Waals surface area contributed by atoms with Crippen LogP contribution < -0.4 is 10.2 Å². The van der Waals surface area contributed by atoms with Crippen molar-refractivity contribution in [2.24, 2.45) is 0 Å². The first-order valence-corrected chi connectivity index (χ1v) is 11.5. The molecule has 2 heterocycles. The summed E-state index contributed by atoms with van der Waals surface area (Å²) in [5, 5.41) is 4.92. The topological polar surface area (TPSA) is 70.9 Å². The third-order valence-electron chi connectivity index (χ3n) is 4.99. The summed E-state index contributed by atoms with van der Waals surface area (Å²) in [4.78, 5) is 15.1. The average molecular weight is 409 g/mol. The Morgan fingerprint density at radius 1 is 1.22 bits per heavy atom. The summed E-state index contributed by atoms with van der Waals surface area (Å²) in [6, 6.07) is 10.3. The van der Waals surface area contributed by atoms with Gasteiger partial charge in [-0.1, -0.05) is 6.07 Å². The fourth-order valence-electron chi connectivity index (χ4n) is 3.10. The maximum Gasteiger partial charge on any atom is 0.282 e. The van der Waals surface area contributed by atoms with Gasteiger partial charge >= 0.3 is 0 Å². The zero-order valence-corrected chi connectivity index (χ0v) is 17.3. The highest BCUT2D eigenvalue weighted by Crippen LogP contribution is 2.22. The van der Waals surface area contributed by atoms with E-state index in [0.29, 0.717) is 18.8 Å².